The number of nitrogen functional groups attached to an aromatic ring is 1. The van der Waals surface area contributed by atoms with Crippen molar-refractivity contribution in [3.63, 3.8) is 0 Å². The Kier molecular flexibility index (Phi) is 6.56. The molecule has 214 valence electrons. The average molecular weight is 567 g/mol. The molecule has 1 fully saturated rings. The molecule has 5 aromatic rings. The van der Waals surface area contributed by atoms with Crippen LogP contribution in [0.15, 0.2) is 65.8 Å². The number of aliphatic hydroxyl groups is 1. The predicted molar refractivity (Wildman–Crippen MR) is 155 cm³/mol. The number of hydrogen-bond donors (Lipinski definition) is 3. The van der Waals surface area contributed by atoms with Crippen LogP contribution >= 0.6 is 0 Å². The fraction of sp³-hybridized carbons (Fsp3) is 0.300. The maximum atomic E-state index is 13.5. The first-order chi connectivity index (χ1) is 20.5. The van der Waals surface area contributed by atoms with Gasteiger partial charge in [0.05, 0.1) is 37.2 Å². The van der Waals surface area contributed by atoms with Crippen LogP contribution in [0.2, 0.25) is 0 Å². The molecule has 12 nitrogen and oxygen atoms in total. The summed E-state index contributed by atoms with van der Waals surface area (Å²) in [6.45, 7) is 1.08. The zero-order valence-electron chi connectivity index (χ0n) is 22.8. The highest BCUT2D eigenvalue weighted by Crippen LogP contribution is 2.38. The molecular weight excluding hydrogens is 536 g/mol. The van der Waals surface area contributed by atoms with Gasteiger partial charge in [0.1, 0.15) is 23.2 Å². The van der Waals surface area contributed by atoms with Gasteiger partial charge in [-0.25, -0.2) is 19.2 Å². The number of rotatable bonds is 5. The van der Waals surface area contributed by atoms with Crippen molar-refractivity contribution in [3.05, 3.63) is 88.4 Å². The first-order valence-electron chi connectivity index (χ1n) is 14.1. The second kappa shape index (κ2) is 10.5. The Hall–Kier alpha value is -4.81. The molecule has 0 bridgehead atoms. The molecule has 0 radical (unpaired) electrons. The number of aliphatic hydroxyl groups excluding tert-OH is 1. The molecule has 1 aliphatic carbocycles. The highest BCUT2D eigenvalue weighted by molar-refractivity contribution is 6.04. The highest BCUT2D eigenvalue weighted by atomic mass is 16.5. The Labute approximate surface area is 240 Å². The lowest BCUT2D eigenvalue weighted by Crippen LogP contribution is -2.26. The third-order valence-corrected chi connectivity index (χ3v) is 8.20. The Bertz CT molecular complexity index is 1830. The van der Waals surface area contributed by atoms with Crippen LogP contribution in [0.4, 0.5) is 11.6 Å². The van der Waals surface area contributed by atoms with Crippen LogP contribution in [0.3, 0.4) is 0 Å². The maximum absolute atomic E-state index is 13.5. The van der Waals surface area contributed by atoms with Gasteiger partial charge in [-0.15, -0.1) is 0 Å². The number of hydrogen-bond acceptors (Lipinski definition) is 8. The molecule has 7 rings (SSSR count). The standard InChI is InChI=1S/C30H30N8O4/c31-28-27-22(14-23(37(27)34-17-33-28)18-6-9-21(39)10-7-18)19-8-11-25(32-15-19)35-29(40)26-24-16-42-13-12-36(24)38(30(26)41)20-4-2-1-3-5-20/h1-5,8,11,14-15,17-18,21,39H,6-7,9-10,12-13,16H2,(H2,31,33,34)(H,32,35,40)/t18-,21-. The summed E-state index contributed by atoms with van der Waals surface area (Å²) in [5, 5.41) is 17.3. The van der Waals surface area contributed by atoms with Crippen LogP contribution in [0, 0.1) is 0 Å². The fourth-order valence-corrected chi connectivity index (χ4v) is 6.12. The summed E-state index contributed by atoms with van der Waals surface area (Å²) in [6, 6.07) is 14.9. The van der Waals surface area contributed by atoms with E-state index in [0.29, 0.717) is 41.7 Å². The zero-order valence-corrected chi connectivity index (χ0v) is 22.8. The van der Waals surface area contributed by atoms with Crippen molar-refractivity contribution in [1.29, 1.82) is 0 Å². The number of pyridine rings is 1. The molecule has 5 heterocycles. The van der Waals surface area contributed by atoms with Crippen molar-refractivity contribution in [3.8, 4) is 16.8 Å². The van der Waals surface area contributed by atoms with E-state index in [1.54, 1.807) is 12.3 Å². The molecule has 42 heavy (non-hydrogen) atoms. The van der Waals surface area contributed by atoms with Crippen molar-refractivity contribution < 1.29 is 14.6 Å². The highest BCUT2D eigenvalue weighted by Gasteiger charge is 2.29. The van der Waals surface area contributed by atoms with Gasteiger partial charge < -0.3 is 20.9 Å². The third-order valence-electron chi connectivity index (χ3n) is 8.20. The fourth-order valence-electron chi connectivity index (χ4n) is 6.12. The molecule has 1 aromatic carbocycles. The van der Waals surface area contributed by atoms with Gasteiger partial charge in [0, 0.05) is 28.9 Å². The van der Waals surface area contributed by atoms with Crippen LogP contribution in [-0.2, 0) is 17.9 Å². The Balaban J connectivity index is 1.19. The number of nitrogens with one attached hydrogen (secondary N) is 1. The molecule has 12 heteroatoms. The maximum Gasteiger partial charge on any atom is 0.284 e. The van der Waals surface area contributed by atoms with Crippen molar-refractivity contribution >= 4 is 23.1 Å². The monoisotopic (exact) mass is 566 g/mol. The summed E-state index contributed by atoms with van der Waals surface area (Å²) >= 11 is 0. The number of nitrogens with two attached hydrogens (primary N) is 1. The summed E-state index contributed by atoms with van der Waals surface area (Å²) in [5.41, 5.74) is 10.5. The van der Waals surface area contributed by atoms with E-state index in [0.717, 1.165) is 42.5 Å². The van der Waals surface area contributed by atoms with E-state index in [-0.39, 0.29) is 24.2 Å². The molecule has 0 saturated heterocycles. The number of nitrogens with zero attached hydrogens (tertiary/aromatic N) is 6. The molecule has 0 atom stereocenters. The zero-order chi connectivity index (χ0) is 28.8. The summed E-state index contributed by atoms with van der Waals surface area (Å²) in [6.07, 6.45) is 6.06. The van der Waals surface area contributed by atoms with Crippen LogP contribution in [0.25, 0.3) is 22.3 Å². The normalized spacial score (nSPS) is 18.6. The SMILES string of the molecule is Nc1ncnn2c1c(-c1ccc(NC(=O)c3c4n(n(-c5ccccc5)c3=O)CCOC4)nc1)cc2[C@H]1CC[C@H](O)CC1. The van der Waals surface area contributed by atoms with E-state index in [9.17, 15) is 14.7 Å². The van der Waals surface area contributed by atoms with Crippen LogP contribution in [0.5, 0.6) is 0 Å². The molecule has 1 amide bonds. The number of amides is 1. The van der Waals surface area contributed by atoms with Crippen molar-refractivity contribution in [1.82, 2.24) is 28.9 Å². The molecule has 4 N–H and O–H groups in total. The smallest absolute Gasteiger partial charge is 0.284 e. The Morgan fingerprint density at radius 2 is 1.88 bits per heavy atom. The summed E-state index contributed by atoms with van der Waals surface area (Å²) < 4.78 is 10.8. The predicted octanol–water partition coefficient (Wildman–Crippen LogP) is 3.13. The van der Waals surface area contributed by atoms with Gasteiger partial charge in [0.2, 0.25) is 0 Å². The van der Waals surface area contributed by atoms with E-state index in [2.05, 4.69) is 26.4 Å². The lowest BCUT2D eigenvalue weighted by Gasteiger charge is -2.24. The number of para-hydroxylation sites is 1. The Morgan fingerprint density at radius 3 is 2.64 bits per heavy atom. The third kappa shape index (κ3) is 4.45. The minimum absolute atomic E-state index is 0.0371. The van der Waals surface area contributed by atoms with Gasteiger partial charge in [0.25, 0.3) is 11.5 Å². The number of carbonyl (C=O) groups is 1. The molecule has 2 aliphatic rings. The van der Waals surface area contributed by atoms with E-state index >= 15 is 0 Å². The number of anilines is 2. The van der Waals surface area contributed by atoms with E-state index < -0.39 is 11.5 Å². The lowest BCUT2D eigenvalue weighted by atomic mass is 9.85. The van der Waals surface area contributed by atoms with Crippen molar-refractivity contribution in [2.75, 3.05) is 17.7 Å². The van der Waals surface area contributed by atoms with E-state index in [1.165, 1.54) is 11.0 Å². The van der Waals surface area contributed by atoms with E-state index in [1.807, 2.05) is 45.6 Å². The molecule has 4 aromatic heterocycles. The second-order valence-electron chi connectivity index (χ2n) is 10.7. The van der Waals surface area contributed by atoms with Crippen molar-refractivity contribution in [2.24, 2.45) is 0 Å². The first kappa shape index (κ1) is 26.1. The van der Waals surface area contributed by atoms with Crippen molar-refractivity contribution in [2.45, 2.75) is 50.9 Å². The molecule has 0 spiro atoms. The summed E-state index contributed by atoms with van der Waals surface area (Å²) in [7, 11) is 0. The minimum atomic E-state index is -0.544. The van der Waals surface area contributed by atoms with Gasteiger partial charge in [0.15, 0.2) is 5.82 Å². The minimum Gasteiger partial charge on any atom is -0.393 e. The quantitative estimate of drug-likeness (QED) is 0.293. The number of ether oxygens (including phenoxy) is 1. The van der Waals surface area contributed by atoms with Gasteiger partial charge in [-0.3, -0.25) is 14.3 Å². The summed E-state index contributed by atoms with van der Waals surface area (Å²) in [5.74, 6) is 0.362. The lowest BCUT2D eigenvalue weighted by molar-refractivity contribution is 0.0756. The second-order valence-corrected chi connectivity index (χ2v) is 10.7. The van der Waals surface area contributed by atoms with Gasteiger partial charge in [-0.05, 0) is 56.0 Å². The number of aromatic nitrogens is 6. The van der Waals surface area contributed by atoms with Crippen LogP contribution in [-0.4, -0.2) is 52.7 Å². The topological polar surface area (TPSA) is 155 Å². The van der Waals surface area contributed by atoms with E-state index in [4.69, 9.17) is 10.5 Å². The van der Waals surface area contributed by atoms with Crippen LogP contribution in [0.1, 0.15) is 53.3 Å². The number of benzene rings is 1. The first-order valence-corrected chi connectivity index (χ1v) is 14.1. The van der Waals surface area contributed by atoms with Gasteiger partial charge >= 0.3 is 0 Å². The Morgan fingerprint density at radius 1 is 1.07 bits per heavy atom. The molecular formula is C30H30N8O4. The number of fused-ring (bicyclic) bond motifs is 2. The average Bonchev–Trinajstić information content (AvgIpc) is 3.54. The molecule has 1 saturated carbocycles. The molecule has 1 aliphatic heterocycles. The largest absolute Gasteiger partial charge is 0.393 e. The van der Waals surface area contributed by atoms with Gasteiger partial charge in [-0.1, -0.05) is 18.2 Å². The van der Waals surface area contributed by atoms with Gasteiger partial charge in [-0.2, -0.15) is 5.10 Å². The number of carbonyl (C=O) groups excluding carboxylic acids is 1. The summed E-state index contributed by atoms with van der Waals surface area (Å²) in [4.78, 5) is 35.6. The van der Waals surface area contributed by atoms with Crippen LogP contribution < -0.4 is 16.6 Å². The molecule has 0 unspecified atom stereocenters.